The van der Waals surface area contributed by atoms with Crippen LogP contribution in [0.4, 0.5) is 4.39 Å². The number of nitrogens with zero attached hydrogens (tertiary/aromatic N) is 1. The normalized spacial score (nSPS) is 16.1. The number of pyridine rings is 1. The number of carbonyl (C=O) groups excluding carboxylic acids is 1. The van der Waals surface area contributed by atoms with E-state index in [2.05, 4.69) is 22.1 Å². The number of ether oxygens (including phenoxy) is 1. The van der Waals surface area contributed by atoms with Crippen LogP contribution < -0.4 is 10.1 Å². The third-order valence-corrected chi connectivity index (χ3v) is 3.39. The molecule has 0 radical (unpaired) electrons. The number of aromatic nitrogens is 1. The Morgan fingerprint density at radius 3 is 2.95 bits per heavy atom. The molecule has 4 nitrogen and oxygen atoms in total. The number of hydrogen-bond acceptors (Lipinski definition) is 3. The zero-order valence-electron chi connectivity index (χ0n) is 11.4. The molecule has 1 heterocycles. The third-order valence-electron chi connectivity index (χ3n) is 3.39. The maximum atomic E-state index is 13.5. The lowest BCUT2D eigenvalue weighted by Gasteiger charge is -2.29. The Hall–Kier alpha value is -2.09. The van der Waals surface area contributed by atoms with Gasteiger partial charge in [0.1, 0.15) is 6.61 Å². The number of carbonyl (C=O) groups is 1. The second-order valence-electron chi connectivity index (χ2n) is 4.90. The Labute approximate surface area is 117 Å². The van der Waals surface area contributed by atoms with Crippen LogP contribution in [-0.2, 0) is 4.79 Å². The molecule has 1 saturated carbocycles. The molecule has 0 aromatic carbocycles. The van der Waals surface area contributed by atoms with E-state index >= 15 is 0 Å². The molecule has 106 valence electrons. The Bertz CT molecular complexity index is 542. The van der Waals surface area contributed by atoms with Crippen LogP contribution in [0, 0.1) is 17.7 Å². The summed E-state index contributed by atoms with van der Waals surface area (Å²) in [4.78, 5) is 15.5. The highest BCUT2D eigenvalue weighted by Gasteiger charge is 2.36. The van der Waals surface area contributed by atoms with E-state index in [1.807, 2.05) is 0 Å². The molecule has 1 aliphatic rings. The van der Waals surface area contributed by atoms with Crippen molar-refractivity contribution in [2.24, 2.45) is 0 Å². The predicted octanol–water partition coefficient (Wildman–Crippen LogP) is 2.05. The van der Waals surface area contributed by atoms with Gasteiger partial charge in [-0.3, -0.25) is 4.79 Å². The standard InChI is InChI=1S/C15H17FN2O2/c1-2-6-13(19)18-15(8-3-4-9-15)11-20-14-12(16)7-5-10-17-14/h5,7,10H,3-4,8-9,11H2,1H3,(H,18,19). The zero-order valence-corrected chi connectivity index (χ0v) is 11.4. The first-order chi connectivity index (χ1) is 9.65. The third kappa shape index (κ3) is 3.47. The molecule has 0 saturated heterocycles. The zero-order chi connectivity index (χ0) is 14.4. The van der Waals surface area contributed by atoms with E-state index < -0.39 is 11.4 Å². The molecular formula is C15H17FN2O2. The molecule has 1 aromatic rings. The lowest BCUT2D eigenvalue weighted by molar-refractivity contribution is -0.117. The number of amides is 1. The van der Waals surface area contributed by atoms with Crippen LogP contribution in [0.2, 0.25) is 0 Å². The molecule has 5 heteroatoms. The predicted molar refractivity (Wildman–Crippen MR) is 72.5 cm³/mol. The summed E-state index contributed by atoms with van der Waals surface area (Å²) in [6, 6.07) is 2.80. The molecule has 0 atom stereocenters. The van der Waals surface area contributed by atoms with Crippen LogP contribution in [0.1, 0.15) is 32.6 Å². The summed E-state index contributed by atoms with van der Waals surface area (Å²) < 4.78 is 18.9. The lowest BCUT2D eigenvalue weighted by Crippen LogP contribution is -2.50. The minimum Gasteiger partial charge on any atom is -0.473 e. The second-order valence-corrected chi connectivity index (χ2v) is 4.90. The Balaban J connectivity index is 2.04. The quantitative estimate of drug-likeness (QED) is 0.856. The van der Waals surface area contributed by atoms with Gasteiger partial charge in [-0.25, -0.2) is 9.37 Å². The van der Waals surface area contributed by atoms with Crippen molar-refractivity contribution in [3.05, 3.63) is 24.1 Å². The summed E-state index contributed by atoms with van der Waals surface area (Å²) in [5.74, 6) is 4.18. The fraction of sp³-hybridized carbons (Fsp3) is 0.467. The number of hydrogen-bond donors (Lipinski definition) is 1. The van der Waals surface area contributed by atoms with E-state index in [0.717, 1.165) is 25.7 Å². The second kappa shape index (κ2) is 6.38. The van der Waals surface area contributed by atoms with Crippen molar-refractivity contribution in [3.8, 4) is 17.7 Å². The van der Waals surface area contributed by atoms with E-state index in [4.69, 9.17) is 4.74 Å². The highest BCUT2D eigenvalue weighted by molar-refractivity contribution is 5.93. The highest BCUT2D eigenvalue weighted by atomic mass is 19.1. The van der Waals surface area contributed by atoms with Crippen molar-refractivity contribution in [2.45, 2.75) is 38.1 Å². The Morgan fingerprint density at radius 2 is 2.30 bits per heavy atom. The molecule has 0 bridgehead atoms. The molecule has 1 fully saturated rings. The van der Waals surface area contributed by atoms with Crippen molar-refractivity contribution in [2.75, 3.05) is 6.61 Å². The van der Waals surface area contributed by atoms with Crippen LogP contribution in [0.5, 0.6) is 5.88 Å². The molecule has 1 aromatic heterocycles. The maximum absolute atomic E-state index is 13.5. The smallest absolute Gasteiger partial charge is 0.296 e. The number of halogens is 1. The topological polar surface area (TPSA) is 51.2 Å². The largest absolute Gasteiger partial charge is 0.473 e. The van der Waals surface area contributed by atoms with Gasteiger partial charge in [0.15, 0.2) is 5.82 Å². The van der Waals surface area contributed by atoms with Gasteiger partial charge < -0.3 is 10.1 Å². The number of nitrogens with one attached hydrogen (secondary N) is 1. The van der Waals surface area contributed by atoms with Crippen LogP contribution >= 0.6 is 0 Å². The van der Waals surface area contributed by atoms with E-state index in [1.165, 1.54) is 18.3 Å². The van der Waals surface area contributed by atoms with Crippen LogP contribution in [0.25, 0.3) is 0 Å². The van der Waals surface area contributed by atoms with Crippen molar-refractivity contribution in [1.82, 2.24) is 10.3 Å². The van der Waals surface area contributed by atoms with Crippen molar-refractivity contribution < 1.29 is 13.9 Å². The average Bonchev–Trinajstić information content (AvgIpc) is 2.87. The Morgan fingerprint density at radius 1 is 1.55 bits per heavy atom. The van der Waals surface area contributed by atoms with E-state index in [1.54, 1.807) is 6.92 Å². The van der Waals surface area contributed by atoms with E-state index in [0.29, 0.717) is 0 Å². The summed E-state index contributed by atoms with van der Waals surface area (Å²) in [5, 5.41) is 2.90. The molecule has 1 amide bonds. The molecule has 2 rings (SSSR count). The molecule has 0 aliphatic heterocycles. The monoisotopic (exact) mass is 276 g/mol. The molecule has 20 heavy (non-hydrogen) atoms. The highest BCUT2D eigenvalue weighted by Crippen LogP contribution is 2.30. The van der Waals surface area contributed by atoms with Gasteiger partial charge in [-0.1, -0.05) is 18.8 Å². The fourth-order valence-electron chi connectivity index (χ4n) is 2.43. The SMILES string of the molecule is CC#CC(=O)NC1(COc2ncccc2F)CCCC1. The first-order valence-electron chi connectivity index (χ1n) is 6.63. The summed E-state index contributed by atoms with van der Waals surface area (Å²) >= 11 is 0. The number of rotatable bonds is 4. The summed E-state index contributed by atoms with van der Waals surface area (Å²) in [7, 11) is 0. The summed E-state index contributed by atoms with van der Waals surface area (Å²) in [5.41, 5.74) is -0.467. The minimum atomic E-state index is -0.500. The molecular weight excluding hydrogens is 259 g/mol. The minimum absolute atomic E-state index is 0.0328. The summed E-state index contributed by atoms with van der Waals surface area (Å²) in [6.07, 6.45) is 5.10. The van der Waals surface area contributed by atoms with Gasteiger partial charge >= 0.3 is 0 Å². The van der Waals surface area contributed by atoms with Gasteiger partial charge in [0.2, 0.25) is 5.88 Å². The van der Waals surface area contributed by atoms with Gasteiger partial charge in [-0.05, 0) is 37.8 Å². The van der Waals surface area contributed by atoms with Gasteiger partial charge in [0.25, 0.3) is 5.91 Å². The van der Waals surface area contributed by atoms with Crippen LogP contribution in [0.15, 0.2) is 18.3 Å². The lowest BCUT2D eigenvalue weighted by atomic mass is 9.99. The van der Waals surface area contributed by atoms with Crippen molar-refractivity contribution >= 4 is 5.91 Å². The van der Waals surface area contributed by atoms with Crippen molar-refractivity contribution in [1.29, 1.82) is 0 Å². The molecule has 0 spiro atoms. The maximum Gasteiger partial charge on any atom is 0.296 e. The van der Waals surface area contributed by atoms with Gasteiger partial charge in [-0.15, -0.1) is 0 Å². The Kier molecular flexibility index (Phi) is 4.57. The van der Waals surface area contributed by atoms with Crippen molar-refractivity contribution in [3.63, 3.8) is 0 Å². The average molecular weight is 276 g/mol. The van der Waals surface area contributed by atoms with Crippen LogP contribution in [-0.4, -0.2) is 23.0 Å². The molecule has 0 unspecified atom stereocenters. The van der Waals surface area contributed by atoms with Gasteiger partial charge in [0, 0.05) is 6.20 Å². The van der Waals surface area contributed by atoms with E-state index in [-0.39, 0.29) is 18.4 Å². The summed E-state index contributed by atoms with van der Waals surface area (Å²) in [6.45, 7) is 1.82. The first-order valence-corrected chi connectivity index (χ1v) is 6.63. The van der Waals surface area contributed by atoms with Gasteiger partial charge in [0.05, 0.1) is 5.54 Å². The fourth-order valence-corrected chi connectivity index (χ4v) is 2.43. The van der Waals surface area contributed by atoms with Gasteiger partial charge in [-0.2, -0.15) is 0 Å². The van der Waals surface area contributed by atoms with Crippen LogP contribution in [0.3, 0.4) is 0 Å². The van der Waals surface area contributed by atoms with E-state index in [9.17, 15) is 9.18 Å². The first kappa shape index (κ1) is 14.3. The molecule has 1 aliphatic carbocycles. The molecule has 1 N–H and O–H groups in total.